The van der Waals surface area contributed by atoms with E-state index in [1.165, 1.54) is 0 Å². The van der Waals surface area contributed by atoms with E-state index >= 15 is 0 Å². The van der Waals surface area contributed by atoms with Gasteiger partial charge in [-0.05, 0) is 38.8 Å². The van der Waals surface area contributed by atoms with E-state index in [0.717, 1.165) is 11.1 Å². The highest BCUT2D eigenvalue weighted by atomic mass is 16.5. The molecular formula is C14H18O3. The molecule has 0 heterocycles. The van der Waals surface area contributed by atoms with Gasteiger partial charge in [-0.3, -0.25) is 9.59 Å². The summed E-state index contributed by atoms with van der Waals surface area (Å²) in [5, 5.41) is 0. The van der Waals surface area contributed by atoms with Crippen LogP contribution in [0, 0.1) is 13.8 Å². The van der Waals surface area contributed by atoms with E-state index in [-0.39, 0.29) is 18.3 Å². The van der Waals surface area contributed by atoms with E-state index in [1.807, 2.05) is 26.0 Å². The van der Waals surface area contributed by atoms with Crippen molar-refractivity contribution in [1.82, 2.24) is 0 Å². The number of carbonyl (C=O) groups is 2. The third kappa shape index (κ3) is 3.70. The summed E-state index contributed by atoms with van der Waals surface area (Å²) in [5.74, 6) is -0.650. The van der Waals surface area contributed by atoms with Gasteiger partial charge in [-0.2, -0.15) is 0 Å². The summed E-state index contributed by atoms with van der Waals surface area (Å²) in [6.45, 7) is 7.36. The average Bonchev–Trinajstić information content (AvgIpc) is 2.20. The normalized spacial score (nSPS) is 10.4. The molecule has 0 atom stereocenters. The number of esters is 1. The highest BCUT2D eigenvalue weighted by molar-refractivity contribution is 6.06. The first kappa shape index (κ1) is 13.4. The molecule has 0 amide bonds. The Balaban J connectivity index is 2.77. The number of rotatable bonds is 4. The minimum atomic E-state index is -0.467. The predicted octanol–water partition coefficient (Wildman–Crippen LogP) is 2.83. The Morgan fingerprint density at radius 2 is 1.88 bits per heavy atom. The van der Waals surface area contributed by atoms with E-state index in [2.05, 4.69) is 0 Å². The number of aryl methyl sites for hydroxylation is 1. The molecule has 3 heteroatoms. The monoisotopic (exact) mass is 234 g/mol. The molecule has 0 fully saturated rings. The second-order valence-corrected chi connectivity index (χ2v) is 4.39. The molecule has 1 rings (SSSR count). The molecule has 0 saturated carbocycles. The zero-order valence-electron chi connectivity index (χ0n) is 10.7. The quantitative estimate of drug-likeness (QED) is 0.457. The van der Waals surface area contributed by atoms with E-state index in [9.17, 15) is 9.59 Å². The van der Waals surface area contributed by atoms with Crippen molar-refractivity contribution in [3.05, 3.63) is 34.9 Å². The Hall–Kier alpha value is -1.64. The summed E-state index contributed by atoms with van der Waals surface area (Å²) >= 11 is 0. The largest absolute Gasteiger partial charge is 0.463 e. The maximum atomic E-state index is 11.9. The minimum Gasteiger partial charge on any atom is -0.463 e. The fraction of sp³-hybridized carbons (Fsp3) is 0.429. The molecule has 0 spiro atoms. The fourth-order valence-corrected chi connectivity index (χ4v) is 1.58. The molecule has 0 unspecified atom stereocenters. The topological polar surface area (TPSA) is 43.4 Å². The summed E-state index contributed by atoms with van der Waals surface area (Å²) in [6, 6.07) is 5.51. The molecule has 0 aromatic heterocycles. The van der Waals surface area contributed by atoms with Gasteiger partial charge in [0.15, 0.2) is 5.78 Å². The van der Waals surface area contributed by atoms with Crippen LogP contribution in [0.3, 0.4) is 0 Å². The Morgan fingerprint density at radius 1 is 1.24 bits per heavy atom. The van der Waals surface area contributed by atoms with Gasteiger partial charge in [0.05, 0.1) is 6.10 Å². The van der Waals surface area contributed by atoms with Crippen molar-refractivity contribution < 1.29 is 14.3 Å². The van der Waals surface area contributed by atoms with Gasteiger partial charge in [0, 0.05) is 5.56 Å². The molecule has 0 aliphatic heterocycles. The Morgan fingerprint density at radius 3 is 2.47 bits per heavy atom. The van der Waals surface area contributed by atoms with Crippen molar-refractivity contribution in [2.45, 2.75) is 40.2 Å². The van der Waals surface area contributed by atoms with Crippen molar-refractivity contribution in [2.75, 3.05) is 0 Å². The smallest absolute Gasteiger partial charge is 0.313 e. The van der Waals surface area contributed by atoms with Crippen LogP contribution in [0.25, 0.3) is 0 Å². The van der Waals surface area contributed by atoms with Crippen LogP contribution in [0.2, 0.25) is 0 Å². The predicted molar refractivity (Wildman–Crippen MR) is 66.1 cm³/mol. The Bertz CT molecular complexity index is 433. The number of benzene rings is 1. The van der Waals surface area contributed by atoms with Gasteiger partial charge >= 0.3 is 5.97 Å². The molecule has 0 radical (unpaired) electrons. The average molecular weight is 234 g/mol. The molecule has 0 N–H and O–H groups in total. The number of ketones is 1. The summed E-state index contributed by atoms with van der Waals surface area (Å²) < 4.78 is 4.95. The Labute approximate surface area is 102 Å². The zero-order valence-corrected chi connectivity index (χ0v) is 10.7. The van der Waals surface area contributed by atoms with E-state index in [0.29, 0.717) is 5.56 Å². The van der Waals surface area contributed by atoms with Gasteiger partial charge in [-0.1, -0.05) is 18.2 Å². The third-order valence-corrected chi connectivity index (χ3v) is 2.58. The van der Waals surface area contributed by atoms with Gasteiger partial charge in [0.1, 0.15) is 6.42 Å². The van der Waals surface area contributed by atoms with E-state index in [4.69, 9.17) is 4.74 Å². The summed E-state index contributed by atoms with van der Waals surface area (Å²) in [4.78, 5) is 23.3. The lowest BCUT2D eigenvalue weighted by atomic mass is 9.99. The molecule has 1 aromatic rings. The number of ether oxygens (including phenoxy) is 1. The van der Waals surface area contributed by atoms with Gasteiger partial charge in [0.2, 0.25) is 0 Å². The number of hydrogen-bond acceptors (Lipinski definition) is 3. The molecule has 1 aromatic carbocycles. The lowest BCUT2D eigenvalue weighted by molar-refractivity contribution is -0.146. The minimum absolute atomic E-state index is 0.183. The highest BCUT2D eigenvalue weighted by Crippen LogP contribution is 2.15. The second kappa shape index (κ2) is 5.62. The number of hydrogen-bond donors (Lipinski definition) is 0. The lowest BCUT2D eigenvalue weighted by Gasteiger charge is -2.09. The van der Waals surface area contributed by atoms with E-state index in [1.54, 1.807) is 19.9 Å². The van der Waals surface area contributed by atoms with Crippen molar-refractivity contribution in [3.63, 3.8) is 0 Å². The van der Waals surface area contributed by atoms with Crippen LogP contribution in [0.4, 0.5) is 0 Å². The molecule has 0 saturated heterocycles. The first-order chi connectivity index (χ1) is 7.91. The maximum absolute atomic E-state index is 11.9. The summed E-state index contributed by atoms with van der Waals surface area (Å²) in [7, 11) is 0. The van der Waals surface area contributed by atoms with Crippen LogP contribution in [-0.4, -0.2) is 17.9 Å². The molecule has 92 valence electrons. The van der Waals surface area contributed by atoms with Crippen LogP contribution in [-0.2, 0) is 9.53 Å². The van der Waals surface area contributed by atoms with Gasteiger partial charge in [0.25, 0.3) is 0 Å². The first-order valence-electron chi connectivity index (χ1n) is 5.70. The van der Waals surface area contributed by atoms with Crippen molar-refractivity contribution in [2.24, 2.45) is 0 Å². The van der Waals surface area contributed by atoms with Crippen LogP contribution in [0.15, 0.2) is 18.2 Å². The molecular weight excluding hydrogens is 216 g/mol. The zero-order chi connectivity index (χ0) is 13.0. The van der Waals surface area contributed by atoms with Gasteiger partial charge in [-0.25, -0.2) is 0 Å². The third-order valence-electron chi connectivity index (χ3n) is 2.58. The highest BCUT2D eigenvalue weighted by Gasteiger charge is 2.16. The van der Waals surface area contributed by atoms with Gasteiger partial charge < -0.3 is 4.74 Å². The number of carbonyl (C=O) groups excluding carboxylic acids is 2. The molecule has 0 bridgehead atoms. The van der Waals surface area contributed by atoms with Crippen LogP contribution >= 0.6 is 0 Å². The Kier molecular flexibility index (Phi) is 4.44. The molecule has 0 aliphatic rings. The van der Waals surface area contributed by atoms with E-state index < -0.39 is 5.97 Å². The van der Waals surface area contributed by atoms with Crippen LogP contribution in [0.1, 0.15) is 41.8 Å². The summed E-state index contributed by atoms with van der Waals surface area (Å²) in [6.07, 6.45) is -0.378. The lowest BCUT2D eigenvalue weighted by Crippen LogP contribution is -2.16. The molecule has 3 nitrogen and oxygen atoms in total. The van der Waals surface area contributed by atoms with Gasteiger partial charge in [-0.15, -0.1) is 0 Å². The number of Topliss-reactive ketones (excluding diaryl/α,β-unsaturated/α-hetero) is 1. The molecule has 17 heavy (non-hydrogen) atoms. The maximum Gasteiger partial charge on any atom is 0.313 e. The standard InChI is InChI=1S/C14H18O3/c1-9(2)17-14(16)8-13(15)12-7-5-6-10(3)11(12)4/h5-7,9H,8H2,1-4H3. The van der Waals surface area contributed by atoms with Crippen molar-refractivity contribution in [1.29, 1.82) is 0 Å². The van der Waals surface area contributed by atoms with Crippen molar-refractivity contribution >= 4 is 11.8 Å². The second-order valence-electron chi connectivity index (χ2n) is 4.39. The first-order valence-corrected chi connectivity index (χ1v) is 5.70. The van der Waals surface area contributed by atoms with Crippen LogP contribution in [0.5, 0.6) is 0 Å². The molecule has 0 aliphatic carbocycles. The summed E-state index contributed by atoms with van der Waals surface area (Å²) in [5.41, 5.74) is 2.58. The van der Waals surface area contributed by atoms with Crippen LogP contribution < -0.4 is 0 Å². The fourth-order valence-electron chi connectivity index (χ4n) is 1.58. The van der Waals surface area contributed by atoms with Crippen molar-refractivity contribution in [3.8, 4) is 0 Å². The SMILES string of the molecule is Cc1cccc(C(=O)CC(=O)OC(C)C)c1C.